The van der Waals surface area contributed by atoms with E-state index in [9.17, 15) is 4.79 Å². The van der Waals surface area contributed by atoms with Gasteiger partial charge in [-0.25, -0.2) is 9.67 Å². The first-order valence-corrected chi connectivity index (χ1v) is 7.83. The van der Waals surface area contributed by atoms with E-state index >= 15 is 0 Å². The molecule has 0 radical (unpaired) electrons. The van der Waals surface area contributed by atoms with E-state index in [0.717, 1.165) is 28.1 Å². The van der Waals surface area contributed by atoms with Gasteiger partial charge in [0.15, 0.2) is 0 Å². The molecule has 2 aromatic carbocycles. The normalized spacial score (nSPS) is 10.7. The highest BCUT2D eigenvalue weighted by Crippen LogP contribution is 2.16. The second kappa shape index (κ2) is 6.28. The smallest absolute Gasteiger partial charge is 0.295 e. The Bertz CT molecular complexity index is 891. The van der Waals surface area contributed by atoms with Crippen molar-refractivity contribution in [3.63, 3.8) is 0 Å². The summed E-state index contributed by atoms with van der Waals surface area (Å²) < 4.78 is 1.70. The quantitative estimate of drug-likeness (QED) is 0.799. The molecule has 3 aromatic rings. The number of benzene rings is 2. The summed E-state index contributed by atoms with van der Waals surface area (Å²) in [6.45, 7) is 7.84. The van der Waals surface area contributed by atoms with Crippen LogP contribution in [0.1, 0.15) is 33.1 Å². The van der Waals surface area contributed by atoms with E-state index in [1.807, 2.05) is 64.1 Å². The molecule has 0 unspecified atom stereocenters. The van der Waals surface area contributed by atoms with E-state index in [1.54, 1.807) is 4.68 Å². The number of para-hydroxylation sites is 1. The van der Waals surface area contributed by atoms with Crippen LogP contribution in [0.3, 0.4) is 0 Å². The zero-order chi connectivity index (χ0) is 17.3. The molecule has 5 heteroatoms. The van der Waals surface area contributed by atoms with Crippen LogP contribution in [0.2, 0.25) is 0 Å². The Hall–Kier alpha value is -2.95. The van der Waals surface area contributed by atoms with Crippen molar-refractivity contribution in [2.45, 2.75) is 27.7 Å². The van der Waals surface area contributed by atoms with Gasteiger partial charge in [0.05, 0.1) is 5.69 Å². The third-order valence-electron chi connectivity index (χ3n) is 3.80. The van der Waals surface area contributed by atoms with Crippen molar-refractivity contribution in [3.05, 3.63) is 70.8 Å². The van der Waals surface area contributed by atoms with Gasteiger partial charge in [0, 0.05) is 5.69 Å². The lowest BCUT2D eigenvalue weighted by atomic mass is 10.1. The van der Waals surface area contributed by atoms with Gasteiger partial charge < -0.3 is 5.32 Å². The maximum absolute atomic E-state index is 12.5. The van der Waals surface area contributed by atoms with Gasteiger partial charge >= 0.3 is 0 Å². The van der Waals surface area contributed by atoms with Crippen LogP contribution in [0.15, 0.2) is 42.5 Å². The van der Waals surface area contributed by atoms with Crippen molar-refractivity contribution in [3.8, 4) is 5.69 Å². The number of amides is 1. The summed E-state index contributed by atoms with van der Waals surface area (Å²) in [6.07, 6.45) is 0. The van der Waals surface area contributed by atoms with Crippen LogP contribution in [0.5, 0.6) is 0 Å². The number of hydrogen-bond donors (Lipinski definition) is 1. The average Bonchev–Trinajstić information content (AvgIpc) is 2.88. The molecule has 0 saturated heterocycles. The van der Waals surface area contributed by atoms with Crippen LogP contribution in [-0.2, 0) is 0 Å². The number of aryl methyl sites for hydroxylation is 4. The second-order valence-corrected chi connectivity index (χ2v) is 6.01. The second-order valence-electron chi connectivity index (χ2n) is 6.01. The Morgan fingerprint density at radius 2 is 1.67 bits per heavy atom. The molecule has 0 aliphatic carbocycles. The Balaban J connectivity index is 1.89. The number of carbonyl (C=O) groups is 1. The van der Waals surface area contributed by atoms with Gasteiger partial charge in [0.2, 0.25) is 5.82 Å². The van der Waals surface area contributed by atoms with E-state index in [4.69, 9.17) is 0 Å². The van der Waals surface area contributed by atoms with Crippen LogP contribution < -0.4 is 5.32 Å². The third kappa shape index (κ3) is 3.20. The predicted octanol–water partition coefficient (Wildman–Crippen LogP) is 3.75. The van der Waals surface area contributed by atoms with Crippen LogP contribution >= 0.6 is 0 Å². The molecule has 1 heterocycles. The number of rotatable bonds is 3. The first-order valence-electron chi connectivity index (χ1n) is 7.83. The minimum Gasteiger partial charge on any atom is -0.319 e. The van der Waals surface area contributed by atoms with Gasteiger partial charge in [0.1, 0.15) is 5.82 Å². The molecule has 0 fully saturated rings. The Morgan fingerprint density at radius 1 is 1.00 bits per heavy atom. The van der Waals surface area contributed by atoms with Gasteiger partial charge in [-0.1, -0.05) is 24.3 Å². The molecule has 0 aliphatic heterocycles. The van der Waals surface area contributed by atoms with Crippen molar-refractivity contribution >= 4 is 11.6 Å². The van der Waals surface area contributed by atoms with E-state index in [0.29, 0.717) is 5.82 Å². The molecule has 122 valence electrons. The van der Waals surface area contributed by atoms with Crippen molar-refractivity contribution in [1.82, 2.24) is 14.8 Å². The lowest BCUT2D eigenvalue weighted by Crippen LogP contribution is -2.14. The SMILES string of the molecule is Cc1cc(C)cc(NC(=O)c2nc(C)n(-c3ccccc3C)n2)c1. The van der Waals surface area contributed by atoms with E-state index < -0.39 is 0 Å². The molecule has 0 aliphatic rings. The minimum atomic E-state index is -0.310. The minimum absolute atomic E-state index is 0.162. The Kier molecular flexibility index (Phi) is 4.16. The largest absolute Gasteiger partial charge is 0.319 e. The summed E-state index contributed by atoms with van der Waals surface area (Å²) in [5, 5.41) is 7.24. The highest BCUT2D eigenvalue weighted by Gasteiger charge is 2.16. The number of aromatic nitrogens is 3. The molecular formula is C19H20N4O. The number of hydrogen-bond acceptors (Lipinski definition) is 3. The summed E-state index contributed by atoms with van der Waals surface area (Å²) in [5.74, 6) is 0.528. The number of nitrogens with zero attached hydrogens (tertiary/aromatic N) is 3. The van der Waals surface area contributed by atoms with E-state index in [1.165, 1.54) is 0 Å². The van der Waals surface area contributed by atoms with Crippen molar-refractivity contribution in [2.24, 2.45) is 0 Å². The molecule has 24 heavy (non-hydrogen) atoms. The standard InChI is InChI=1S/C19H20N4O/c1-12-9-13(2)11-16(10-12)21-19(24)18-20-15(4)23(22-18)17-8-6-5-7-14(17)3/h5-11H,1-4H3,(H,21,24). The fraction of sp³-hybridized carbons (Fsp3) is 0.211. The number of carbonyl (C=O) groups excluding carboxylic acids is 1. The molecule has 0 atom stereocenters. The fourth-order valence-corrected chi connectivity index (χ4v) is 2.75. The molecule has 1 aromatic heterocycles. The zero-order valence-electron chi connectivity index (χ0n) is 14.3. The zero-order valence-corrected chi connectivity index (χ0v) is 14.3. The van der Waals surface area contributed by atoms with Gasteiger partial charge in [-0.15, -0.1) is 5.10 Å². The van der Waals surface area contributed by atoms with Crippen LogP contribution in [0.25, 0.3) is 5.69 Å². The summed E-state index contributed by atoms with van der Waals surface area (Å²) in [5.41, 5.74) is 4.95. The average molecular weight is 320 g/mol. The molecule has 0 saturated carbocycles. The maximum Gasteiger partial charge on any atom is 0.295 e. The predicted molar refractivity (Wildman–Crippen MR) is 94.7 cm³/mol. The lowest BCUT2D eigenvalue weighted by Gasteiger charge is -2.06. The first-order chi connectivity index (χ1) is 11.4. The van der Waals surface area contributed by atoms with Gasteiger partial charge in [-0.2, -0.15) is 0 Å². The first kappa shape index (κ1) is 15.9. The molecule has 3 rings (SSSR count). The monoisotopic (exact) mass is 320 g/mol. The maximum atomic E-state index is 12.5. The van der Waals surface area contributed by atoms with Crippen LogP contribution in [0.4, 0.5) is 5.69 Å². The molecule has 1 amide bonds. The molecule has 0 bridgehead atoms. The highest BCUT2D eigenvalue weighted by molar-refractivity contribution is 6.01. The number of anilines is 1. The van der Waals surface area contributed by atoms with Gasteiger partial charge in [-0.05, 0) is 62.6 Å². The highest BCUT2D eigenvalue weighted by atomic mass is 16.2. The summed E-state index contributed by atoms with van der Waals surface area (Å²) in [6, 6.07) is 13.8. The fourth-order valence-electron chi connectivity index (χ4n) is 2.75. The third-order valence-corrected chi connectivity index (χ3v) is 3.80. The van der Waals surface area contributed by atoms with Crippen molar-refractivity contribution in [1.29, 1.82) is 0 Å². The van der Waals surface area contributed by atoms with Gasteiger partial charge in [0.25, 0.3) is 5.91 Å². The molecule has 1 N–H and O–H groups in total. The summed E-state index contributed by atoms with van der Waals surface area (Å²) >= 11 is 0. The van der Waals surface area contributed by atoms with E-state index in [-0.39, 0.29) is 11.7 Å². The Morgan fingerprint density at radius 3 is 2.33 bits per heavy atom. The van der Waals surface area contributed by atoms with Crippen LogP contribution in [0, 0.1) is 27.7 Å². The topological polar surface area (TPSA) is 59.8 Å². The van der Waals surface area contributed by atoms with Gasteiger partial charge in [-0.3, -0.25) is 4.79 Å². The Labute approximate surface area is 141 Å². The van der Waals surface area contributed by atoms with E-state index in [2.05, 4.69) is 21.5 Å². The molecule has 5 nitrogen and oxygen atoms in total. The van der Waals surface area contributed by atoms with Crippen molar-refractivity contribution < 1.29 is 4.79 Å². The van der Waals surface area contributed by atoms with Crippen LogP contribution in [-0.4, -0.2) is 20.7 Å². The summed E-state index contributed by atoms with van der Waals surface area (Å²) in [4.78, 5) is 16.8. The van der Waals surface area contributed by atoms with Crippen molar-refractivity contribution in [2.75, 3.05) is 5.32 Å². The molecular weight excluding hydrogens is 300 g/mol. The number of nitrogens with one attached hydrogen (secondary N) is 1. The lowest BCUT2D eigenvalue weighted by molar-refractivity contribution is 0.101. The molecule has 0 spiro atoms. The summed E-state index contributed by atoms with van der Waals surface area (Å²) in [7, 11) is 0.